The number of likely N-dealkylation sites (tertiary alicyclic amines) is 1. The molecular weight excluding hydrogens is 1440 g/mol. The van der Waals surface area contributed by atoms with Gasteiger partial charge >= 0.3 is 0 Å². The molecule has 39 nitrogen and oxygen atoms in total. The number of nitrogens with one attached hydrogen (secondary N) is 12. The number of aliphatic hydroxyl groups excluding tert-OH is 2. The van der Waals surface area contributed by atoms with Crippen molar-refractivity contribution in [1.29, 1.82) is 0 Å². The Hall–Kier alpha value is -9.70. The molecule has 620 valence electrons. The molecule has 0 saturated carbocycles. The zero-order valence-electron chi connectivity index (χ0n) is 64.6. The second-order valence-electron chi connectivity index (χ2n) is 28.9. The molecule has 1 aromatic rings. The zero-order chi connectivity index (χ0) is 83.2. The van der Waals surface area contributed by atoms with E-state index in [1.807, 2.05) is 0 Å². The number of phenolic OH excluding ortho intramolecular Hbond substituents is 1. The highest BCUT2D eigenvalue weighted by molar-refractivity contribution is 6.01. The Labute approximate surface area is 641 Å². The van der Waals surface area contributed by atoms with Crippen molar-refractivity contribution in [2.75, 3.05) is 32.7 Å². The van der Waals surface area contributed by atoms with Gasteiger partial charge in [0.1, 0.15) is 84.3 Å². The second kappa shape index (κ2) is 49.4. The molecular formula is C71H122N20O19. The lowest BCUT2D eigenvalue weighted by Gasteiger charge is -2.30. The van der Waals surface area contributed by atoms with E-state index in [1.165, 1.54) is 43.0 Å². The molecule has 0 unspecified atom stereocenters. The maximum atomic E-state index is 14.6. The fourth-order valence-electron chi connectivity index (χ4n) is 11.9. The Morgan fingerprint density at radius 3 is 1.25 bits per heavy atom. The van der Waals surface area contributed by atoms with Gasteiger partial charge in [-0.2, -0.15) is 0 Å². The molecule has 0 radical (unpaired) electrons. The largest absolute Gasteiger partial charge is 0.508 e. The molecule has 1 aliphatic heterocycles. The molecule has 0 aromatic heterocycles. The van der Waals surface area contributed by atoms with Crippen molar-refractivity contribution >= 4 is 94.5 Å². The molecule has 110 heavy (non-hydrogen) atoms. The summed E-state index contributed by atoms with van der Waals surface area (Å²) in [5.41, 5.74) is 39.8. The van der Waals surface area contributed by atoms with E-state index in [9.17, 15) is 92.0 Å². The van der Waals surface area contributed by atoms with E-state index in [2.05, 4.69) is 63.8 Å². The molecule has 1 aliphatic rings. The van der Waals surface area contributed by atoms with Crippen molar-refractivity contribution < 1.29 is 92.0 Å². The van der Waals surface area contributed by atoms with Crippen LogP contribution in [-0.2, 0) is 83.1 Å². The molecule has 15 atom stereocenters. The Morgan fingerprint density at radius 2 is 0.809 bits per heavy atom. The molecule has 39 heteroatoms. The van der Waals surface area contributed by atoms with Crippen LogP contribution in [0.3, 0.4) is 0 Å². The predicted octanol–water partition coefficient (Wildman–Crippen LogP) is -6.76. The standard InChI is InChI=1S/C71H122N20O19/c1-36(2)31-48(65(104)79-39(7)60(99)89-57(40(8)92)59(78)98)84-62(101)44(17-10-13-27-72)80-66(105)49(32-37(3)4)87-71(110)58(41(9)93)90-68(107)51(34-54(77)96)86-64(103)47(25-26-53(76)95)81-61(100)46(19-12-15-29-74)83-70(109)56(38(5)6)88-67(106)50(33-42-21-23-43(94)24-22-42)85-63(102)45(18-11-14-28-73)82-69(108)52-20-16-30-91(52)55(97)35-75/h21-24,36-41,44-52,56-58,92-94H,10-20,25-35,72-75H2,1-9H3,(H2,76,95)(H2,77,96)(H2,78,98)(H,79,104)(H,80,105)(H,81,100)(H,82,108)(H,83,109)(H,84,101)(H,85,102)(H,86,103)(H,87,110)(H,88,106)(H,89,99)(H,90,107)/t39-,40+,41+,44-,45-,46-,47-,48-,49-,50-,51-,52-,56-,57-,58-/m0/s1. The Bertz CT molecular complexity index is 3250. The van der Waals surface area contributed by atoms with Gasteiger partial charge in [-0.3, -0.25) is 76.7 Å². The van der Waals surface area contributed by atoms with Crippen LogP contribution >= 0.6 is 0 Å². The molecule has 1 aromatic carbocycles. The van der Waals surface area contributed by atoms with Gasteiger partial charge in [-0.25, -0.2) is 0 Å². The summed E-state index contributed by atoms with van der Waals surface area (Å²) in [4.78, 5) is 221. The molecule has 0 spiro atoms. The fourth-order valence-corrected chi connectivity index (χ4v) is 11.9. The van der Waals surface area contributed by atoms with Gasteiger partial charge in [0.25, 0.3) is 0 Å². The molecule has 1 saturated heterocycles. The lowest BCUT2D eigenvalue weighted by atomic mass is 9.99. The van der Waals surface area contributed by atoms with E-state index in [1.54, 1.807) is 41.5 Å². The van der Waals surface area contributed by atoms with Gasteiger partial charge in [-0.15, -0.1) is 0 Å². The van der Waals surface area contributed by atoms with Crippen LogP contribution in [0.1, 0.15) is 171 Å². The summed E-state index contributed by atoms with van der Waals surface area (Å²) >= 11 is 0. The Morgan fingerprint density at radius 1 is 0.427 bits per heavy atom. The highest BCUT2D eigenvalue weighted by Crippen LogP contribution is 2.20. The average Bonchev–Trinajstić information content (AvgIpc) is 1.52. The van der Waals surface area contributed by atoms with Gasteiger partial charge in [0.05, 0.1) is 25.2 Å². The molecule has 16 amide bonds. The minimum absolute atomic E-state index is 0.0270. The lowest BCUT2D eigenvalue weighted by molar-refractivity contribution is -0.139. The minimum atomic E-state index is -1.99. The molecule has 29 N–H and O–H groups in total. The fraction of sp³-hybridized carbons (Fsp3) is 0.690. The number of primary amides is 3. The van der Waals surface area contributed by atoms with Crippen LogP contribution in [0.2, 0.25) is 0 Å². The van der Waals surface area contributed by atoms with E-state index in [0.29, 0.717) is 44.1 Å². The number of amides is 16. The van der Waals surface area contributed by atoms with Gasteiger partial charge in [0.2, 0.25) is 94.5 Å². The first-order valence-corrected chi connectivity index (χ1v) is 37.4. The van der Waals surface area contributed by atoms with Crippen molar-refractivity contribution in [2.45, 2.75) is 262 Å². The van der Waals surface area contributed by atoms with E-state index < -0.39 is 210 Å². The quantitative estimate of drug-likeness (QED) is 0.0270. The van der Waals surface area contributed by atoms with Crippen molar-refractivity contribution in [2.24, 2.45) is 57.9 Å². The number of nitrogens with two attached hydrogens (primary N) is 7. The number of nitrogens with zero attached hydrogens (tertiary/aromatic N) is 1. The third kappa shape index (κ3) is 34.5. The Balaban J connectivity index is 2.52. The lowest BCUT2D eigenvalue weighted by Crippen LogP contribution is -2.62. The van der Waals surface area contributed by atoms with Crippen LogP contribution in [0.15, 0.2) is 24.3 Å². The van der Waals surface area contributed by atoms with Crippen LogP contribution in [-0.4, -0.2) is 238 Å². The van der Waals surface area contributed by atoms with Crippen LogP contribution in [0.25, 0.3) is 0 Å². The number of hydrogen-bond donors (Lipinski definition) is 22. The average molecular weight is 1560 g/mol. The van der Waals surface area contributed by atoms with Gasteiger partial charge < -0.3 is 124 Å². The van der Waals surface area contributed by atoms with Crippen molar-refractivity contribution in [3.05, 3.63) is 29.8 Å². The first-order chi connectivity index (χ1) is 51.7. The predicted molar refractivity (Wildman–Crippen MR) is 402 cm³/mol. The van der Waals surface area contributed by atoms with Crippen LogP contribution < -0.4 is 104 Å². The van der Waals surface area contributed by atoms with E-state index in [-0.39, 0.29) is 102 Å². The summed E-state index contributed by atoms with van der Waals surface area (Å²) in [6, 6.07) is -13.7. The third-order valence-electron chi connectivity index (χ3n) is 18.0. The van der Waals surface area contributed by atoms with Gasteiger partial charge in [-0.1, -0.05) is 53.7 Å². The van der Waals surface area contributed by atoms with Crippen molar-refractivity contribution in [3.63, 3.8) is 0 Å². The van der Waals surface area contributed by atoms with E-state index in [0.717, 1.165) is 6.92 Å². The number of unbranched alkanes of at least 4 members (excludes halogenated alkanes) is 3. The van der Waals surface area contributed by atoms with E-state index in [4.69, 9.17) is 40.1 Å². The number of benzene rings is 1. The first kappa shape index (κ1) is 96.4. The van der Waals surface area contributed by atoms with Crippen LogP contribution in [0.5, 0.6) is 5.75 Å². The molecule has 1 fully saturated rings. The third-order valence-corrected chi connectivity index (χ3v) is 18.0. The smallest absolute Gasteiger partial charge is 0.245 e. The van der Waals surface area contributed by atoms with E-state index >= 15 is 0 Å². The highest BCUT2D eigenvalue weighted by Gasteiger charge is 2.41. The number of hydrogen-bond acceptors (Lipinski definition) is 23. The zero-order valence-corrected chi connectivity index (χ0v) is 64.6. The van der Waals surface area contributed by atoms with Gasteiger partial charge in [0.15, 0.2) is 0 Å². The molecule has 1 heterocycles. The number of aliphatic hydroxyl groups is 2. The van der Waals surface area contributed by atoms with Crippen molar-refractivity contribution in [3.8, 4) is 5.75 Å². The Kier molecular flexibility index (Phi) is 43.3. The minimum Gasteiger partial charge on any atom is -0.508 e. The normalized spacial score (nSPS) is 16.5. The summed E-state index contributed by atoms with van der Waals surface area (Å²) in [6.07, 6.45) is -2.89. The number of rotatable bonds is 52. The summed E-state index contributed by atoms with van der Waals surface area (Å²) in [7, 11) is 0. The first-order valence-electron chi connectivity index (χ1n) is 37.4. The number of carbonyl (C=O) groups is 16. The van der Waals surface area contributed by atoms with Crippen LogP contribution in [0.4, 0.5) is 0 Å². The molecule has 0 bridgehead atoms. The maximum Gasteiger partial charge on any atom is 0.245 e. The maximum absolute atomic E-state index is 14.6. The molecule has 0 aliphatic carbocycles. The van der Waals surface area contributed by atoms with Gasteiger partial charge in [-0.05, 0) is 166 Å². The number of carbonyl (C=O) groups excluding carboxylic acids is 16. The summed E-state index contributed by atoms with van der Waals surface area (Å²) in [6.45, 7) is 14.1. The van der Waals surface area contributed by atoms with Gasteiger partial charge in [0, 0.05) is 19.4 Å². The summed E-state index contributed by atoms with van der Waals surface area (Å²) < 4.78 is 0. The second-order valence-corrected chi connectivity index (χ2v) is 28.9. The topological polar surface area (TPSA) is 664 Å². The number of aromatic hydroxyl groups is 1. The summed E-state index contributed by atoms with van der Waals surface area (Å²) in [5, 5.41) is 61.3. The highest BCUT2D eigenvalue weighted by atomic mass is 16.3. The number of phenols is 1. The van der Waals surface area contributed by atoms with Crippen molar-refractivity contribution in [1.82, 2.24) is 68.7 Å². The SMILES string of the molecule is CC(C)C[C@H](NC(=O)[C@H](CCCCN)NC(=O)[C@H](CC(C)C)NC(=O)[C@@H](NC(=O)[C@H](CC(N)=O)NC(=O)[C@H](CCC(N)=O)NC(=O)[C@H](CCCCN)NC(=O)[C@@H](NC(=O)[C@H](Cc1ccc(O)cc1)NC(=O)[C@H](CCCCN)NC(=O)[C@@H]1CCCN1C(=O)CN)C(C)C)[C@@H](C)O)C(=O)N[C@@H](C)C(=O)N[C@H](C(N)=O)[C@@H](C)O. The van der Waals surface area contributed by atoms with Crippen LogP contribution in [0, 0.1) is 17.8 Å². The monoisotopic (exact) mass is 1560 g/mol. The molecule has 2 rings (SSSR count). The summed E-state index contributed by atoms with van der Waals surface area (Å²) in [5.74, 6) is -16.6.